The molecule has 0 spiro atoms. The number of aromatic nitrogens is 1. The van der Waals surface area contributed by atoms with Gasteiger partial charge in [0.05, 0.1) is 4.90 Å². The fourth-order valence-electron chi connectivity index (χ4n) is 1.99. The van der Waals surface area contributed by atoms with Gasteiger partial charge in [0.2, 0.25) is 10.0 Å². The molecule has 20 heavy (non-hydrogen) atoms. The van der Waals surface area contributed by atoms with Crippen LogP contribution in [0, 0.1) is 0 Å². The third-order valence-corrected chi connectivity index (χ3v) is 4.74. The van der Waals surface area contributed by atoms with E-state index >= 15 is 0 Å². The molecule has 1 aromatic heterocycles. The average Bonchev–Trinajstić information content (AvgIpc) is 2.43. The van der Waals surface area contributed by atoms with Gasteiger partial charge in [0.1, 0.15) is 0 Å². The molecule has 2 rings (SSSR count). The third kappa shape index (κ3) is 3.69. The van der Waals surface area contributed by atoms with Gasteiger partial charge in [-0.1, -0.05) is 12.1 Å². The van der Waals surface area contributed by atoms with Crippen molar-refractivity contribution in [3.05, 3.63) is 36.7 Å². The van der Waals surface area contributed by atoms with Crippen molar-refractivity contribution < 1.29 is 8.42 Å². The largest absolute Gasteiger partial charge is 0.264 e. The lowest BCUT2D eigenvalue weighted by Gasteiger charge is -2.09. The van der Waals surface area contributed by atoms with Crippen molar-refractivity contribution in [3.63, 3.8) is 0 Å². The minimum Gasteiger partial charge on any atom is -0.264 e. The first-order chi connectivity index (χ1) is 9.50. The maximum atomic E-state index is 12.3. The molecule has 0 bridgehead atoms. The maximum Gasteiger partial charge on any atom is 0.241 e. The van der Waals surface area contributed by atoms with E-state index in [9.17, 15) is 8.42 Å². The summed E-state index contributed by atoms with van der Waals surface area (Å²) in [6.07, 6.45) is 4.75. The van der Waals surface area contributed by atoms with Crippen LogP contribution in [0.3, 0.4) is 0 Å². The Bertz CT molecular complexity index is 681. The number of sulfonamides is 1. The first-order valence-electron chi connectivity index (χ1n) is 6.47. The van der Waals surface area contributed by atoms with E-state index in [4.69, 9.17) is 11.6 Å². The Morgan fingerprint density at radius 3 is 2.90 bits per heavy atom. The van der Waals surface area contributed by atoms with Crippen molar-refractivity contribution in [2.75, 3.05) is 6.54 Å². The summed E-state index contributed by atoms with van der Waals surface area (Å²) in [5.74, 6) is 0. The Kier molecular flexibility index (Phi) is 4.96. The van der Waals surface area contributed by atoms with Crippen LogP contribution < -0.4 is 4.72 Å². The highest BCUT2D eigenvalue weighted by Crippen LogP contribution is 2.21. The monoisotopic (exact) mass is 312 g/mol. The van der Waals surface area contributed by atoms with Crippen LogP contribution in [-0.2, 0) is 10.0 Å². The molecule has 1 aromatic carbocycles. The van der Waals surface area contributed by atoms with Crippen molar-refractivity contribution >= 4 is 32.4 Å². The summed E-state index contributed by atoms with van der Waals surface area (Å²) in [6, 6.07) is 6.88. The number of benzene rings is 1. The summed E-state index contributed by atoms with van der Waals surface area (Å²) in [5, 5.41) is 1.55. The number of fused-ring (bicyclic) bond motifs is 1. The number of hydrogen-bond acceptors (Lipinski definition) is 3. The van der Waals surface area contributed by atoms with Gasteiger partial charge < -0.3 is 0 Å². The van der Waals surface area contributed by atoms with Crippen LogP contribution in [0.2, 0.25) is 0 Å². The van der Waals surface area contributed by atoms with Gasteiger partial charge >= 0.3 is 0 Å². The zero-order valence-electron chi connectivity index (χ0n) is 11.2. The lowest BCUT2D eigenvalue weighted by Crippen LogP contribution is -2.25. The molecular weight excluding hydrogens is 296 g/mol. The van der Waals surface area contributed by atoms with Gasteiger partial charge in [0.15, 0.2) is 0 Å². The van der Waals surface area contributed by atoms with E-state index < -0.39 is 10.0 Å². The first kappa shape index (κ1) is 15.2. The van der Waals surface area contributed by atoms with Gasteiger partial charge in [0.25, 0.3) is 0 Å². The second-order valence-electron chi connectivity index (χ2n) is 4.67. The van der Waals surface area contributed by atoms with Crippen molar-refractivity contribution in [2.24, 2.45) is 0 Å². The number of pyridine rings is 1. The number of nitrogens with zero attached hydrogens (tertiary/aromatic N) is 1. The van der Waals surface area contributed by atoms with E-state index in [-0.39, 0.29) is 10.3 Å². The van der Waals surface area contributed by atoms with Crippen LogP contribution in [0.15, 0.2) is 41.6 Å². The van der Waals surface area contributed by atoms with Crippen molar-refractivity contribution in [2.45, 2.75) is 30.0 Å². The molecule has 1 unspecified atom stereocenters. The molecule has 0 aliphatic rings. The zero-order valence-corrected chi connectivity index (χ0v) is 12.8. The second-order valence-corrected chi connectivity index (χ2v) is 7.15. The molecule has 0 aliphatic heterocycles. The highest BCUT2D eigenvalue weighted by Gasteiger charge is 2.16. The molecule has 2 aromatic rings. The summed E-state index contributed by atoms with van der Waals surface area (Å²) < 4.78 is 27.3. The summed E-state index contributed by atoms with van der Waals surface area (Å²) in [4.78, 5) is 4.29. The minimum absolute atomic E-state index is 0.0585. The standard InChI is InChI=1S/C14H17ClN2O2S/c1-11(15)4-3-8-17-20(18,19)14-6-2-5-12-10-16-9-7-13(12)14/h2,5-7,9-11,17H,3-4,8H2,1H3. The van der Waals surface area contributed by atoms with Gasteiger partial charge in [0, 0.05) is 35.1 Å². The summed E-state index contributed by atoms with van der Waals surface area (Å²) in [7, 11) is -3.51. The predicted octanol–water partition coefficient (Wildman–Crippen LogP) is 2.92. The lowest BCUT2D eigenvalue weighted by molar-refractivity contribution is 0.577. The fraction of sp³-hybridized carbons (Fsp3) is 0.357. The lowest BCUT2D eigenvalue weighted by atomic mass is 10.2. The van der Waals surface area contributed by atoms with Crippen LogP contribution in [-0.4, -0.2) is 25.3 Å². The molecule has 6 heteroatoms. The zero-order chi connectivity index (χ0) is 14.6. The van der Waals surface area contributed by atoms with Gasteiger partial charge in [-0.05, 0) is 31.9 Å². The van der Waals surface area contributed by atoms with E-state index in [2.05, 4.69) is 9.71 Å². The molecule has 1 heterocycles. The summed E-state index contributed by atoms with van der Waals surface area (Å²) in [5.41, 5.74) is 0. The Balaban J connectivity index is 2.19. The molecule has 0 saturated carbocycles. The van der Waals surface area contributed by atoms with Crippen LogP contribution in [0.5, 0.6) is 0 Å². The van der Waals surface area contributed by atoms with Crippen LogP contribution >= 0.6 is 11.6 Å². The molecule has 108 valence electrons. The molecule has 0 radical (unpaired) electrons. The summed E-state index contributed by atoms with van der Waals surface area (Å²) >= 11 is 5.84. The predicted molar refractivity (Wildman–Crippen MR) is 81.5 cm³/mol. The van der Waals surface area contributed by atoms with Crippen LogP contribution in [0.1, 0.15) is 19.8 Å². The number of halogens is 1. The second kappa shape index (κ2) is 6.52. The average molecular weight is 313 g/mol. The fourth-order valence-corrected chi connectivity index (χ4v) is 3.45. The van der Waals surface area contributed by atoms with Crippen molar-refractivity contribution in [1.82, 2.24) is 9.71 Å². The molecule has 4 nitrogen and oxygen atoms in total. The van der Waals surface area contributed by atoms with Crippen LogP contribution in [0.4, 0.5) is 0 Å². The molecule has 1 atom stereocenters. The first-order valence-corrected chi connectivity index (χ1v) is 8.39. The molecule has 0 saturated heterocycles. The van der Waals surface area contributed by atoms with E-state index in [1.54, 1.807) is 30.6 Å². The van der Waals surface area contributed by atoms with Gasteiger partial charge in [-0.3, -0.25) is 4.98 Å². The van der Waals surface area contributed by atoms with E-state index in [0.29, 0.717) is 11.9 Å². The minimum atomic E-state index is -3.51. The number of rotatable bonds is 6. The van der Waals surface area contributed by atoms with Crippen molar-refractivity contribution in [1.29, 1.82) is 0 Å². The molecular formula is C14H17ClN2O2S. The third-order valence-electron chi connectivity index (χ3n) is 3.00. The Hall–Kier alpha value is -1.17. The van der Waals surface area contributed by atoms with E-state index in [0.717, 1.165) is 18.2 Å². The Morgan fingerprint density at radius 2 is 2.15 bits per heavy atom. The normalized spacial score (nSPS) is 13.5. The topological polar surface area (TPSA) is 59.1 Å². The quantitative estimate of drug-likeness (QED) is 0.659. The number of alkyl halides is 1. The Labute approximate surface area is 124 Å². The maximum absolute atomic E-state index is 12.3. The molecule has 0 aliphatic carbocycles. The highest BCUT2D eigenvalue weighted by molar-refractivity contribution is 7.89. The van der Waals surface area contributed by atoms with Crippen LogP contribution in [0.25, 0.3) is 10.8 Å². The van der Waals surface area contributed by atoms with Gasteiger partial charge in [-0.15, -0.1) is 11.6 Å². The number of hydrogen-bond donors (Lipinski definition) is 1. The highest BCUT2D eigenvalue weighted by atomic mass is 35.5. The summed E-state index contributed by atoms with van der Waals surface area (Å²) in [6.45, 7) is 2.29. The molecule has 0 fully saturated rings. The van der Waals surface area contributed by atoms with E-state index in [1.807, 2.05) is 13.0 Å². The van der Waals surface area contributed by atoms with Crippen molar-refractivity contribution in [3.8, 4) is 0 Å². The van der Waals surface area contributed by atoms with E-state index in [1.165, 1.54) is 0 Å². The van der Waals surface area contributed by atoms with Gasteiger partial charge in [-0.25, -0.2) is 13.1 Å². The smallest absolute Gasteiger partial charge is 0.241 e. The SMILES string of the molecule is CC(Cl)CCCNS(=O)(=O)c1cccc2cnccc12. The molecule has 1 N–H and O–H groups in total. The number of nitrogens with one attached hydrogen (secondary N) is 1. The van der Waals surface area contributed by atoms with Gasteiger partial charge in [-0.2, -0.15) is 0 Å². The Morgan fingerprint density at radius 1 is 1.35 bits per heavy atom. The molecule has 0 amide bonds.